The van der Waals surface area contributed by atoms with Crippen molar-refractivity contribution in [2.24, 2.45) is 7.05 Å². The molecule has 0 radical (unpaired) electrons. The maximum Gasteiger partial charge on any atom is 0.328 e. The maximum atomic E-state index is 12.9. The summed E-state index contributed by atoms with van der Waals surface area (Å²) in [7, 11) is 1.52. The maximum absolute atomic E-state index is 12.9. The van der Waals surface area contributed by atoms with Crippen molar-refractivity contribution >= 4 is 5.91 Å². The highest BCUT2D eigenvalue weighted by Gasteiger charge is 2.30. The summed E-state index contributed by atoms with van der Waals surface area (Å²) < 4.78 is 6.60. The van der Waals surface area contributed by atoms with E-state index in [4.69, 9.17) is 4.74 Å². The molecule has 0 unspecified atom stereocenters. The predicted octanol–water partition coefficient (Wildman–Crippen LogP) is -0.599. The van der Waals surface area contributed by atoms with Crippen molar-refractivity contribution in [1.29, 1.82) is 0 Å². The Labute approximate surface area is 140 Å². The van der Waals surface area contributed by atoms with Crippen LogP contribution in [0.4, 0.5) is 0 Å². The summed E-state index contributed by atoms with van der Waals surface area (Å²) in [6.45, 7) is 4.65. The molecule has 3 rings (SSSR count). The second-order valence-electron chi connectivity index (χ2n) is 6.47. The third-order valence-electron chi connectivity index (χ3n) is 4.80. The van der Waals surface area contributed by atoms with E-state index in [1.165, 1.54) is 17.8 Å². The summed E-state index contributed by atoms with van der Waals surface area (Å²) in [5.74, 6) is -0.287. The molecule has 0 spiro atoms. The standard InChI is InChI=1S/C16H24N4O4/c1-18-11-13(14(21)17-16(18)23)15(22)20-5-3-2-4-12(20)10-19-6-8-24-9-7-19/h11-12H,2-10H2,1H3,(H,17,21,23)/t12-/m0/s1. The van der Waals surface area contributed by atoms with Crippen molar-refractivity contribution in [3.05, 3.63) is 32.6 Å². The number of aromatic nitrogens is 2. The van der Waals surface area contributed by atoms with E-state index in [1.807, 2.05) is 0 Å². The zero-order valence-corrected chi connectivity index (χ0v) is 14.0. The summed E-state index contributed by atoms with van der Waals surface area (Å²) in [6.07, 6.45) is 4.30. The van der Waals surface area contributed by atoms with Crippen LogP contribution in [0.3, 0.4) is 0 Å². The first-order valence-corrected chi connectivity index (χ1v) is 8.47. The second-order valence-corrected chi connectivity index (χ2v) is 6.47. The third kappa shape index (κ3) is 3.59. The Balaban J connectivity index is 1.79. The van der Waals surface area contributed by atoms with Gasteiger partial charge in [-0.2, -0.15) is 0 Å². The molecule has 8 heteroatoms. The number of nitrogens with one attached hydrogen (secondary N) is 1. The van der Waals surface area contributed by atoms with Gasteiger partial charge in [-0.3, -0.25) is 19.5 Å². The molecule has 2 aliphatic heterocycles. The number of hydrogen-bond donors (Lipinski definition) is 1. The van der Waals surface area contributed by atoms with Crippen molar-refractivity contribution in [3.63, 3.8) is 0 Å². The van der Waals surface area contributed by atoms with Crippen LogP contribution in [0.1, 0.15) is 29.6 Å². The second kappa shape index (κ2) is 7.31. The first-order valence-electron chi connectivity index (χ1n) is 8.47. The molecule has 1 atom stereocenters. The van der Waals surface area contributed by atoms with E-state index in [-0.39, 0.29) is 17.5 Å². The Hall–Kier alpha value is -1.93. The summed E-state index contributed by atoms with van der Waals surface area (Å²) in [5, 5.41) is 0. The minimum absolute atomic E-state index is 0.0333. The van der Waals surface area contributed by atoms with Gasteiger partial charge >= 0.3 is 5.69 Å². The van der Waals surface area contributed by atoms with E-state index < -0.39 is 11.2 Å². The number of morpholine rings is 1. The largest absolute Gasteiger partial charge is 0.379 e. The first kappa shape index (κ1) is 16.9. The SMILES string of the molecule is Cn1cc(C(=O)N2CCCC[C@H]2CN2CCOCC2)c(=O)[nH]c1=O. The molecule has 132 valence electrons. The van der Waals surface area contributed by atoms with Gasteiger partial charge in [-0.1, -0.05) is 0 Å². The van der Waals surface area contributed by atoms with Crippen molar-refractivity contribution < 1.29 is 9.53 Å². The van der Waals surface area contributed by atoms with Crippen molar-refractivity contribution in [1.82, 2.24) is 19.4 Å². The quantitative estimate of drug-likeness (QED) is 0.796. The number of likely N-dealkylation sites (tertiary alicyclic amines) is 1. The molecule has 3 heterocycles. The highest BCUT2D eigenvalue weighted by Crippen LogP contribution is 2.20. The van der Waals surface area contributed by atoms with Crippen LogP contribution in [0.15, 0.2) is 15.8 Å². The lowest BCUT2D eigenvalue weighted by Gasteiger charge is -2.39. The van der Waals surface area contributed by atoms with E-state index in [1.54, 1.807) is 4.90 Å². The molecular weight excluding hydrogens is 312 g/mol. The van der Waals surface area contributed by atoms with Crippen LogP contribution in [0.25, 0.3) is 0 Å². The number of piperidine rings is 1. The van der Waals surface area contributed by atoms with Gasteiger partial charge in [-0.15, -0.1) is 0 Å². The molecule has 0 aromatic carbocycles. The van der Waals surface area contributed by atoms with Gasteiger partial charge in [0.15, 0.2) is 0 Å². The number of rotatable bonds is 3. The average Bonchev–Trinajstić information content (AvgIpc) is 2.59. The fraction of sp³-hybridized carbons (Fsp3) is 0.688. The molecule has 8 nitrogen and oxygen atoms in total. The van der Waals surface area contributed by atoms with E-state index in [2.05, 4.69) is 9.88 Å². The zero-order chi connectivity index (χ0) is 17.1. The molecule has 0 bridgehead atoms. The molecule has 1 aromatic heterocycles. The monoisotopic (exact) mass is 336 g/mol. The Morgan fingerprint density at radius 2 is 2.00 bits per heavy atom. The average molecular weight is 336 g/mol. The number of amides is 1. The first-order chi connectivity index (χ1) is 11.6. The van der Waals surface area contributed by atoms with Gasteiger partial charge in [0.1, 0.15) is 5.56 Å². The molecule has 2 aliphatic rings. The highest BCUT2D eigenvalue weighted by atomic mass is 16.5. The molecule has 1 N–H and O–H groups in total. The number of aromatic amines is 1. The van der Waals surface area contributed by atoms with Crippen LogP contribution in [0.2, 0.25) is 0 Å². The number of carbonyl (C=O) groups is 1. The van der Waals surface area contributed by atoms with Crippen molar-refractivity contribution in [2.45, 2.75) is 25.3 Å². The predicted molar refractivity (Wildman–Crippen MR) is 88.2 cm³/mol. The van der Waals surface area contributed by atoms with E-state index >= 15 is 0 Å². The Bertz CT molecular complexity index is 705. The number of nitrogens with zero attached hydrogens (tertiary/aromatic N) is 3. The van der Waals surface area contributed by atoms with Crippen LogP contribution < -0.4 is 11.2 Å². The molecule has 0 aliphatic carbocycles. The number of hydrogen-bond acceptors (Lipinski definition) is 5. The summed E-state index contributed by atoms with van der Waals surface area (Å²) in [5.41, 5.74) is -1.09. The highest BCUT2D eigenvalue weighted by molar-refractivity contribution is 5.93. The minimum atomic E-state index is -0.612. The number of ether oxygens (including phenoxy) is 1. The van der Waals surface area contributed by atoms with E-state index in [0.29, 0.717) is 6.54 Å². The lowest BCUT2D eigenvalue weighted by atomic mass is 10.0. The van der Waals surface area contributed by atoms with Crippen LogP contribution in [-0.2, 0) is 11.8 Å². The summed E-state index contributed by atoms with van der Waals surface area (Å²) >= 11 is 0. The van der Waals surface area contributed by atoms with Crippen molar-refractivity contribution in [2.75, 3.05) is 39.4 Å². The van der Waals surface area contributed by atoms with Crippen LogP contribution >= 0.6 is 0 Å². The molecule has 1 aromatic rings. The minimum Gasteiger partial charge on any atom is -0.379 e. The fourth-order valence-corrected chi connectivity index (χ4v) is 3.41. The molecule has 2 fully saturated rings. The molecule has 2 saturated heterocycles. The normalized spacial score (nSPS) is 22.5. The smallest absolute Gasteiger partial charge is 0.328 e. The van der Waals surface area contributed by atoms with Gasteiger partial charge in [0, 0.05) is 45.5 Å². The molecular formula is C16H24N4O4. The Morgan fingerprint density at radius 1 is 1.25 bits per heavy atom. The van der Waals surface area contributed by atoms with Gasteiger partial charge < -0.3 is 14.2 Å². The third-order valence-corrected chi connectivity index (χ3v) is 4.80. The lowest BCUT2D eigenvalue weighted by molar-refractivity contribution is 0.0165. The number of carbonyl (C=O) groups excluding carboxylic acids is 1. The van der Waals surface area contributed by atoms with Gasteiger partial charge in [0.2, 0.25) is 0 Å². The number of aryl methyl sites for hydroxylation is 1. The lowest BCUT2D eigenvalue weighted by Crippen LogP contribution is -2.52. The topological polar surface area (TPSA) is 87.6 Å². The van der Waals surface area contributed by atoms with Crippen molar-refractivity contribution in [3.8, 4) is 0 Å². The molecule has 1 amide bonds. The zero-order valence-electron chi connectivity index (χ0n) is 14.0. The molecule has 0 saturated carbocycles. The summed E-state index contributed by atoms with van der Waals surface area (Å²) in [6, 6.07) is 0.0981. The molecule has 24 heavy (non-hydrogen) atoms. The van der Waals surface area contributed by atoms with Crippen LogP contribution in [-0.4, -0.2) is 70.7 Å². The van der Waals surface area contributed by atoms with Crippen LogP contribution in [0, 0.1) is 0 Å². The van der Waals surface area contributed by atoms with Crippen LogP contribution in [0.5, 0.6) is 0 Å². The van der Waals surface area contributed by atoms with E-state index in [0.717, 1.165) is 52.1 Å². The summed E-state index contributed by atoms with van der Waals surface area (Å²) in [4.78, 5) is 42.7. The van der Waals surface area contributed by atoms with Gasteiger partial charge in [-0.25, -0.2) is 4.79 Å². The van der Waals surface area contributed by atoms with Gasteiger partial charge in [-0.05, 0) is 19.3 Å². The van der Waals surface area contributed by atoms with Gasteiger partial charge in [0.05, 0.1) is 13.2 Å². The fourth-order valence-electron chi connectivity index (χ4n) is 3.41. The van der Waals surface area contributed by atoms with Gasteiger partial charge in [0.25, 0.3) is 11.5 Å². The Morgan fingerprint density at radius 3 is 2.75 bits per heavy atom. The number of H-pyrrole nitrogens is 1. The Kier molecular flexibility index (Phi) is 5.15. The van der Waals surface area contributed by atoms with E-state index in [9.17, 15) is 14.4 Å².